The molecule has 0 saturated heterocycles. The summed E-state index contributed by atoms with van der Waals surface area (Å²) in [6.07, 6.45) is 10.1. The van der Waals surface area contributed by atoms with E-state index in [9.17, 15) is 38.1 Å². The Labute approximate surface area is 280 Å². The minimum atomic E-state index is -4.52. The summed E-state index contributed by atoms with van der Waals surface area (Å²) in [7, 11) is 0. The van der Waals surface area contributed by atoms with Gasteiger partial charge in [0.15, 0.2) is 0 Å². The summed E-state index contributed by atoms with van der Waals surface area (Å²) in [5.74, 6) is 3.01. The fraction of sp³-hybridized carbons (Fsp3) is 0.556. The zero-order valence-corrected chi connectivity index (χ0v) is 27.2. The second-order valence-electron chi connectivity index (χ2n) is 12.0. The van der Waals surface area contributed by atoms with Gasteiger partial charge in [0, 0.05) is 43.4 Å². The number of unbranched alkanes of at least 4 members (excludes halogenated alkanes) is 1. The molecule has 0 heterocycles. The predicted molar refractivity (Wildman–Crippen MR) is 171 cm³/mol. The molecule has 2 rings (SSSR count). The van der Waals surface area contributed by atoms with E-state index in [2.05, 4.69) is 11.8 Å². The first-order chi connectivity index (χ1) is 22.7. The standard InChI is InChI=1S/C36H45F3O9/c1-5-12-25(13-6-2)22-46-35(44)48-34(24(3)4)47-33(43)17-10-8-7-9-16-29-30(32(42)21-31(29)41)19-18-27(40)23-45-28-15-11-14-26(20-28)36(37,38)39/h1-2,7,9,11,14-15,18-20,24-25,27,29-32,34,40-42H,8,10,12-13,16-17,21-23H2,3-4H3/b9-7-,19-18+/t27-,29-,30-,31+,32-,34?/m1/s1. The highest BCUT2D eigenvalue weighted by Crippen LogP contribution is 2.36. The van der Waals surface area contributed by atoms with Gasteiger partial charge in [-0.15, -0.1) is 24.7 Å². The zero-order chi connectivity index (χ0) is 35.7. The molecule has 0 aliphatic heterocycles. The second-order valence-corrected chi connectivity index (χ2v) is 12.0. The number of alkyl halides is 3. The summed E-state index contributed by atoms with van der Waals surface area (Å²) in [6.45, 7) is 3.12. The van der Waals surface area contributed by atoms with Crippen LogP contribution in [-0.4, -0.2) is 65.3 Å². The number of carbonyl (C=O) groups is 2. The molecule has 3 N–H and O–H groups in total. The van der Waals surface area contributed by atoms with Crippen molar-refractivity contribution in [1.82, 2.24) is 0 Å². The largest absolute Gasteiger partial charge is 0.511 e. The molecule has 48 heavy (non-hydrogen) atoms. The van der Waals surface area contributed by atoms with Crippen LogP contribution in [0.1, 0.15) is 64.4 Å². The van der Waals surface area contributed by atoms with E-state index in [-0.39, 0.29) is 49.6 Å². The Kier molecular flexibility index (Phi) is 17.1. The van der Waals surface area contributed by atoms with Crippen LogP contribution in [0.5, 0.6) is 5.75 Å². The molecule has 264 valence electrons. The lowest BCUT2D eigenvalue weighted by Crippen LogP contribution is -2.30. The molecule has 1 saturated carbocycles. The van der Waals surface area contributed by atoms with Crippen LogP contribution in [0, 0.1) is 48.4 Å². The number of esters is 1. The van der Waals surface area contributed by atoms with Gasteiger partial charge in [-0.1, -0.05) is 44.2 Å². The van der Waals surface area contributed by atoms with Crippen LogP contribution in [0.25, 0.3) is 0 Å². The quantitative estimate of drug-likeness (QED) is 0.0578. The van der Waals surface area contributed by atoms with Crippen LogP contribution in [0.4, 0.5) is 18.0 Å². The van der Waals surface area contributed by atoms with Crippen LogP contribution in [0.15, 0.2) is 48.6 Å². The Balaban J connectivity index is 1.77. The number of carbonyl (C=O) groups excluding carboxylic acids is 2. The molecule has 0 amide bonds. The molecular formula is C36H45F3O9. The van der Waals surface area contributed by atoms with Crippen LogP contribution in [0.3, 0.4) is 0 Å². The normalized spacial score (nSPS) is 20.8. The van der Waals surface area contributed by atoms with E-state index in [0.29, 0.717) is 32.1 Å². The van der Waals surface area contributed by atoms with Crippen molar-refractivity contribution in [2.24, 2.45) is 23.7 Å². The van der Waals surface area contributed by atoms with Gasteiger partial charge < -0.3 is 34.3 Å². The van der Waals surface area contributed by atoms with E-state index in [1.807, 2.05) is 12.2 Å². The number of benzene rings is 1. The number of aliphatic hydroxyl groups excluding tert-OH is 3. The van der Waals surface area contributed by atoms with Gasteiger partial charge in [-0.25, -0.2) is 4.79 Å². The van der Waals surface area contributed by atoms with Gasteiger partial charge in [0.2, 0.25) is 0 Å². The van der Waals surface area contributed by atoms with Crippen molar-refractivity contribution >= 4 is 12.1 Å². The second kappa shape index (κ2) is 20.4. The van der Waals surface area contributed by atoms with Crippen molar-refractivity contribution in [3.8, 4) is 30.4 Å². The lowest BCUT2D eigenvalue weighted by Gasteiger charge is -2.21. The summed E-state index contributed by atoms with van der Waals surface area (Å²) in [5.41, 5.74) is -0.864. The molecule has 1 aliphatic rings. The van der Waals surface area contributed by atoms with E-state index < -0.39 is 54.4 Å². The van der Waals surface area contributed by atoms with Gasteiger partial charge in [0.05, 0.1) is 24.4 Å². The molecule has 0 aromatic heterocycles. The van der Waals surface area contributed by atoms with Crippen LogP contribution >= 0.6 is 0 Å². The lowest BCUT2D eigenvalue weighted by atomic mass is 9.89. The predicted octanol–water partition coefficient (Wildman–Crippen LogP) is 5.82. The molecule has 9 nitrogen and oxygen atoms in total. The zero-order valence-electron chi connectivity index (χ0n) is 27.2. The average Bonchev–Trinajstić information content (AvgIpc) is 3.30. The third-order valence-electron chi connectivity index (χ3n) is 7.63. The Hall–Kier alpha value is -3.97. The number of allylic oxidation sites excluding steroid dienone is 2. The monoisotopic (exact) mass is 678 g/mol. The first kappa shape index (κ1) is 40.2. The van der Waals surface area contributed by atoms with Crippen LogP contribution in [0.2, 0.25) is 0 Å². The van der Waals surface area contributed by atoms with Gasteiger partial charge >= 0.3 is 18.3 Å². The van der Waals surface area contributed by atoms with Crippen molar-refractivity contribution in [2.45, 2.75) is 89.6 Å². The third kappa shape index (κ3) is 14.4. The minimum Gasteiger partial charge on any atom is -0.491 e. The molecule has 1 aromatic carbocycles. The molecule has 0 bridgehead atoms. The van der Waals surface area contributed by atoms with Crippen molar-refractivity contribution in [1.29, 1.82) is 0 Å². The highest BCUT2D eigenvalue weighted by Gasteiger charge is 2.39. The van der Waals surface area contributed by atoms with E-state index in [1.54, 1.807) is 19.9 Å². The fourth-order valence-electron chi connectivity index (χ4n) is 5.02. The number of terminal acetylenes is 2. The van der Waals surface area contributed by atoms with Crippen LogP contribution < -0.4 is 4.74 Å². The first-order valence-electron chi connectivity index (χ1n) is 15.8. The van der Waals surface area contributed by atoms with E-state index in [0.717, 1.165) is 12.1 Å². The van der Waals surface area contributed by atoms with Gasteiger partial charge in [-0.05, 0) is 43.4 Å². The van der Waals surface area contributed by atoms with Crippen LogP contribution in [-0.2, 0) is 25.2 Å². The molecule has 0 spiro atoms. The summed E-state index contributed by atoms with van der Waals surface area (Å²) in [5, 5.41) is 31.2. The molecular weight excluding hydrogens is 633 g/mol. The van der Waals surface area contributed by atoms with Crippen molar-refractivity contribution in [2.75, 3.05) is 13.2 Å². The fourth-order valence-corrected chi connectivity index (χ4v) is 5.02. The molecule has 12 heteroatoms. The Bertz CT molecular complexity index is 1280. The maximum absolute atomic E-state index is 12.9. The Morgan fingerprint density at radius 1 is 1.06 bits per heavy atom. The van der Waals surface area contributed by atoms with Gasteiger partial charge in [0.25, 0.3) is 6.29 Å². The minimum absolute atomic E-state index is 0.0184. The molecule has 1 unspecified atom stereocenters. The van der Waals surface area contributed by atoms with Crippen molar-refractivity contribution in [3.05, 3.63) is 54.1 Å². The van der Waals surface area contributed by atoms with Crippen molar-refractivity contribution in [3.63, 3.8) is 0 Å². The lowest BCUT2D eigenvalue weighted by molar-refractivity contribution is -0.179. The van der Waals surface area contributed by atoms with Gasteiger partial charge in [0.1, 0.15) is 18.5 Å². The van der Waals surface area contributed by atoms with Gasteiger partial charge in [-0.3, -0.25) is 4.79 Å². The maximum atomic E-state index is 12.9. The Morgan fingerprint density at radius 3 is 2.42 bits per heavy atom. The average molecular weight is 679 g/mol. The topological polar surface area (TPSA) is 132 Å². The number of halogens is 3. The van der Waals surface area contributed by atoms with E-state index in [4.69, 9.17) is 31.8 Å². The number of rotatable bonds is 18. The molecule has 1 aromatic rings. The van der Waals surface area contributed by atoms with Crippen molar-refractivity contribution < 1.29 is 57.0 Å². The highest BCUT2D eigenvalue weighted by molar-refractivity contribution is 5.69. The molecule has 1 aliphatic carbocycles. The summed E-state index contributed by atoms with van der Waals surface area (Å²) >= 11 is 0. The SMILES string of the molecule is C#CCC(CC#C)COC(=O)OC(OC(=O)CCC/C=C\C[C@@H]1[C@@H](/C=C/[C@@H](O)COc2cccc(C(F)(F)F)c2)[C@H](O)C[C@@H]1O)C(C)C. The smallest absolute Gasteiger partial charge is 0.491 e. The number of hydrogen-bond acceptors (Lipinski definition) is 9. The summed E-state index contributed by atoms with van der Waals surface area (Å²) in [6, 6.07) is 4.33. The third-order valence-corrected chi connectivity index (χ3v) is 7.63. The molecule has 1 fully saturated rings. The number of ether oxygens (including phenoxy) is 4. The Morgan fingerprint density at radius 2 is 1.77 bits per heavy atom. The number of hydrogen-bond donors (Lipinski definition) is 3. The number of aliphatic hydroxyl groups is 3. The summed E-state index contributed by atoms with van der Waals surface area (Å²) in [4.78, 5) is 24.5. The summed E-state index contributed by atoms with van der Waals surface area (Å²) < 4.78 is 59.6. The van der Waals surface area contributed by atoms with Gasteiger partial charge in [-0.2, -0.15) is 13.2 Å². The highest BCUT2D eigenvalue weighted by atomic mass is 19.4. The van der Waals surface area contributed by atoms with E-state index in [1.165, 1.54) is 18.2 Å². The first-order valence-corrected chi connectivity index (χ1v) is 15.8. The van der Waals surface area contributed by atoms with E-state index >= 15 is 0 Å². The molecule has 0 radical (unpaired) electrons. The maximum Gasteiger partial charge on any atom is 0.511 e. The molecule has 6 atom stereocenters.